The van der Waals surface area contributed by atoms with E-state index < -0.39 is 29.0 Å². The molecule has 3 aromatic carbocycles. The largest absolute Gasteiger partial charge is 0.457 e. The van der Waals surface area contributed by atoms with Crippen molar-refractivity contribution < 1.29 is 23.5 Å². The van der Waals surface area contributed by atoms with Gasteiger partial charge in [-0.15, -0.1) is 0 Å². The number of likely N-dealkylation sites (N-methyl/N-ethyl adjacent to an activating group) is 1. The number of nitrogens with zero attached hydrogens (tertiary/aromatic N) is 1. The third kappa shape index (κ3) is 7.79. The van der Waals surface area contributed by atoms with Gasteiger partial charge in [0, 0.05) is 28.1 Å². The summed E-state index contributed by atoms with van der Waals surface area (Å²) in [7, 11) is 1.59. The lowest BCUT2D eigenvalue weighted by atomic mass is 9.90. The maximum atomic E-state index is 14.2. The van der Waals surface area contributed by atoms with Crippen molar-refractivity contribution in [3.8, 4) is 11.5 Å². The molecule has 1 N–H and O–H groups in total. The number of rotatable bonds is 7. The number of hydrogen-bond acceptors (Lipinski definition) is 4. The molecule has 3 aromatic rings. The molecule has 9 heteroatoms. The summed E-state index contributed by atoms with van der Waals surface area (Å²) >= 11 is 6.82. The van der Waals surface area contributed by atoms with Crippen LogP contribution in [0.3, 0.4) is 0 Å². The molecule has 0 radical (unpaired) electrons. The fourth-order valence-electron chi connectivity index (χ4n) is 3.67. The molecule has 0 saturated carbocycles. The van der Waals surface area contributed by atoms with Gasteiger partial charge in [-0.05, 0) is 87.9 Å². The number of carbonyl (C=O) groups is 2. The topological polar surface area (TPSA) is 67.9 Å². The molecule has 0 aromatic heterocycles. The summed E-state index contributed by atoms with van der Waals surface area (Å²) in [4.78, 5) is 28.0. The third-order valence-electron chi connectivity index (χ3n) is 5.40. The Hall–Kier alpha value is -2.91. The van der Waals surface area contributed by atoms with Gasteiger partial charge in [0.25, 0.3) is 5.91 Å². The minimum absolute atomic E-state index is 0.0298. The van der Waals surface area contributed by atoms with Crippen LogP contribution in [-0.2, 0) is 21.6 Å². The fraction of sp³-hybridized carbons (Fsp3) is 0.286. The zero-order valence-corrected chi connectivity index (χ0v) is 24.4. The van der Waals surface area contributed by atoms with Gasteiger partial charge in [0.1, 0.15) is 28.5 Å². The first-order valence-electron chi connectivity index (χ1n) is 11.5. The van der Waals surface area contributed by atoms with Gasteiger partial charge in [0.2, 0.25) is 0 Å². The van der Waals surface area contributed by atoms with Crippen LogP contribution in [0.25, 0.3) is 0 Å². The zero-order valence-electron chi connectivity index (χ0n) is 21.3. The van der Waals surface area contributed by atoms with Crippen molar-refractivity contribution in [3.05, 3.63) is 92.6 Å². The quantitative estimate of drug-likeness (QED) is 0.291. The molecular weight excluding hydrogens is 607 g/mol. The maximum absolute atomic E-state index is 14.2. The molecule has 6 nitrogen and oxygen atoms in total. The number of nitrogens with one attached hydrogen (secondary N) is 1. The van der Waals surface area contributed by atoms with E-state index in [1.807, 2.05) is 18.2 Å². The van der Waals surface area contributed by atoms with E-state index in [2.05, 4.69) is 37.2 Å². The number of carbonyl (C=O) groups excluding carboxylic acids is 2. The predicted octanol–water partition coefficient (Wildman–Crippen LogP) is 7.54. The van der Waals surface area contributed by atoms with Crippen molar-refractivity contribution >= 4 is 43.9 Å². The molecule has 0 bridgehead atoms. The predicted molar refractivity (Wildman–Crippen MR) is 148 cm³/mol. The van der Waals surface area contributed by atoms with Gasteiger partial charge in [-0.25, -0.2) is 9.18 Å². The number of alkyl carbamates (subject to hydrolysis) is 1. The molecule has 0 heterocycles. The monoisotopic (exact) mass is 634 g/mol. The first kappa shape index (κ1) is 28.7. The van der Waals surface area contributed by atoms with Gasteiger partial charge in [-0.3, -0.25) is 4.79 Å². The summed E-state index contributed by atoms with van der Waals surface area (Å²) in [5, 5.41) is 2.75. The molecular formula is C28H29Br2FN2O4. The molecule has 196 valence electrons. The van der Waals surface area contributed by atoms with E-state index in [0.29, 0.717) is 22.6 Å². The van der Waals surface area contributed by atoms with Crippen molar-refractivity contribution in [3.63, 3.8) is 0 Å². The van der Waals surface area contributed by atoms with Gasteiger partial charge in [-0.1, -0.05) is 44.0 Å². The number of hydrogen-bond donors (Lipinski definition) is 1. The van der Waals surface area contributed by atoms with Gasteiger partial charge >= 0.3 is 6.09 Å². The molecule has 0 saturated heterocycles. The SMILES string of the molecule is CN(Cc1cc(F)ccc1Oc1ccc(Br)cc1)C(=O)C(C)(NC(=O)OC(C)(C)C)c1cccc(Br)c1. The summed E-state index contributed by atoms with van der Waals surface area (Å²) in [6, 6.07) is 18.5. The Balaban J connectivity index is 1.92. The molecule has 1 atom stereocenters. The number of benzene rings is 3. The molecule has 37 heavy (non-hydrogen) atoms. The van der Waals surface area contributed by atoms with E-state index in [1.165, 1.54) is 23.1 Å². The zero-order chi connectivity index (χ0) is 27.4. The Morgan fingerprint density at radius 3 is 2.24 bits per heavy atom. The van der Waals surface area contributed by atoms with E-state index >= 15 is 0 Å². The first-order valence-corrected chi connectivity index (χ1v) is 13.1. The fourth-order valence-corrected chi connectivity index (χ4v) is 4.33. The summed E-state index contributed by atoms with van der Waals surface area (Å²) in [6.45, 7) is 6.88. The maximum Gasteiger partial charge on any atom is 0.408 e. The minimum atomic E-state index is -1.47. The number of halogens is 3. The van der Waals surface area contributed by atoms with E-state index in [0.717, 1.165) is 8.95 Å². The lowest BCUT2D eigenvalue weighted by Crippen LogP contribution is -2.55. The van der Waals surface area contributed by atoms with Gasteiger partial charge < -0.3 is 19.7 Å². The van der Waals surface area contributed by atoms with Crippen LogP contribution >= 0.6 is 31.9 Å². The number of amides is 2. The lowest BCUT2D eigenvalue weighted by molar-refractivity contribution is -0.137. The van der Waals surface area contributed by atoms with Crippen LogP contribution in [0.15, 0.2) is 75.7 Å². The molecule has 0 fully saturated rings. The highest BCUT2D eigenvalue weighted by molar-refractivity contribution is 9.10. The smallest absolute Gasteiger partial charge is 0.408 e. The van der Waals surface area contributed by atoms with Gasteiger partial charge in [0.05, 0.1) is 0 Å². The van der Waals surface area contributed by atoms with E-state index in [1.54, 1.807) is 65.1 Å². The van der Waals surface area contributed by atoms with Crippen LogP contribution in [0.1, 0.15) is 38.8 Å². The lowest BCUT2D eigenvalue weighted by Gasteiger charge is -2.35. The average molecular weight is 636 g/mol. The normalized spacial score (nSPS) is 12.9. The van der Waals surface area contributed by atoms with Crippen LogP contribution in [0.2, 0.25) is 0 Å². The average Bonchev–Trinajstić information content (AvgIpc) is 2.80. The minimum Gasteiger partial charge on any atom is -0.457 e. The Bertz CT molecular complexity index is 1280. The van der Waals surface area contributed by atoms with Gasteiger partial charge in [0.15, 0.2) is 0 Å². The highest BCUT2D eigenvalue weighted by Crippen LogP contribution is 2.31. The second kappa shape index (κ2) is 11.6. The molecule has 1 unspecified atom stereocenters. The highest BCUT2D eigenvalue weighted by Gasteiger charge is 2.40. The summed E-state index contributed by atoms with van der Waals surface area (Å²) in [5.74, 6) is 0.0965. The van der Waals surface area contributed by atoms with Crippen LogP contribution < -0.4 is 10.1 Å². The highest BCUT2D eigenvalue weighted by atomic mass is 79.9. The molecule has 0 aliphatic carbocycles. The number of ether oxygens (including phenoxy) is 2. The molecule has 0 spiro atoms. The molecule has 2 amide bonds. The summed E-state index contributed by atoms with van der Waals surface area (Å²) in [5.41, 5.74) is -1.21. The van der Waals surface area contributed by atoms with Gasteiger partial charge in [-0.2, -0.15) is 0 Å². The first-order chi connectivity index (χ1) is 17.3. The van der Waals surface area contributed by atoms with Crippen LogP contribution in [0.5, 0.6) is 11.5 Å². The second-order valence-electron chi connectivity index (χ2n) is 9.73. The van der Waals surface area contributed by atoms with E-state index in [9.17, 15) is 14.0 Å². The summed E-state index contributed by atoms with van der Waals surface area (Å²) < 4.78 is 27.3. The Morgan fingerprint density at radius 2 is 1.62 bits per heavy atom. The Morgan fingerprint density at radius 1 is 0.946 bits per heavy atom. The van der Waals surface area contributed by atoms with Crippen molar-refractivity contribution in [2.75, 3.05) is 7.05 Å². The van der Waals surface area contributed by atoms with Crippen LogP contribution in [-0.4, -0.2) is 29.5 Å². The second-order valence-corrected chi connectivity index (χ2v) is 11.6. The third-order valence-corrected chi connectivity index (χ3v) is 6.42. The van der Waals surface area contributed by atoms with E-state index in [-0.39, 0.29) is 6.54 Å². The van der Waals surface area contributed by atoms with Crippen molar-refractivity contribution in [1.29, 1.82) is 0 Å². The van der Waals surface area contributed by atoms with E-state index in [4.69, 9.17) is 9.47 Å². The molecule has 0 aliphatic rings. The van der Waals surface area contributed by atoms with Crippen molar-refractivity contribution in [2.24, 2.45) is 0 Å². The van der Waals surface area contributed by atoms with Crippen molar-refractivity contribution in [2.45, 2.75) is 45.4 Å². The summed E-state index contributed by atoms with van der Waals surface area (Å²) in [6.07, 6.45) is -0.734. The van der Waals surface area contributed by atoms with Crippen LogP contribution in [0.4, 0.5) is 9.18 Å². The Kier molecular flexibility index (Phi) is 9.02. The van der Waals surface area contributed by atoms with Crippen molar-refractivity contribution in [1.82, 2.24) is 10.2 Å². The standard InChI is InChI=1S/C28H29Br2FN2O4/c1-27(2,3)37-26(35)32-28(4,19-7-6-8-21(30)16-19)25(34)33(5)17-18-15-22(31)11-14-24(18)36-23-12-9-20(29)10-13-23/h6-16H,17H2,1-5H3,(H,32,35). The molecule has 3 rings (SSSR count). The Labute approximate surface area is 233 Å². The molecule has 0 aliphatic heterocycles. The van der Waals surface area contributed by atoms with Crippen LogP contribution in [0, 0.1) is 5.82 Å².